The van der Waals surface area contributed by atoms with Gasteiger partial charge in [0.2, 0.25) is 0 Å². The van der Waals surface area contributed by atoms with Crippen molar-refractivity contribution in [1.29, 1.82) is 0 Å². The summed E-state index contributed by atoms with van der Waals surface area (Å²) in [5, 5.41) is 2.68. The smallest absolute Gasteiger partial charge is 0.408 e. The van der Waals surface area contributed by atoms with Gasteiger partial charge in [0, 0.05) is 12.2 Å². The van der Waals surface area contributed by atoms with Crippen LogP contribution in [0.4, 0.5) is 4.79 Å². The van der Waals surface area contributed by atoms with Gasteiger partial charge in [0.05, 0.1) is 11.4 Å². The van der Waals surface area contributed by atoms with Crippen molar-refractivity contribution in [2.24, 2.45) is 0 Å². The van der Waals surface area contributed by atoms with Gasteiger partial charge in [-0.3, -0.25) is 4.79 Å². The molecule has 6 nitrogen and oxygen atoms in total. The summed E-state index contributed by atoms with van der Waals surface area (Å²) >= 11 is 1.57. The molecule has 0 radical (unpaired) electrons. The Bertz CT molecular complexity index is 688. The molecular weight excluding hydrogens is 340 g/mol. The SMILES string of the molecule is CC(C)(C)OC(=O)N[C@]1(c2ccccc2)C[C@@H]2SC[C@@H](C=O)N2C1=O. The fraction of sp³-hybridized carbons (Fsp3) is 0.500. The molecule has 0 spiro atoms. The van der Waals surface area contributed by atoms with E-state index >= 15 is 0 Å². The summed E-state index contributed by atoms with van der Waals surface area (Å²) in [7, 11) is 0. The van der Waals surface area contributed by atoms with Crippen LogP contribution >= 0.6 is 11.8 Å². The number of hydrogen-bond acceptors (Lipinski definition) is 5. The standard InChI is InChI=1S/C18H22N2O4S/c1-17(2,3)24-16(23)19-18(12-7-5-4-6-8-12)9-14-20(15(18)22)13(10-21)11-25-14/h4-8,10,13-14H,9,11H2,1-3H3,(H,19,23)/t13-,14+,18+/m1/s1. The van der Waals surface area contributed by atoms with Crippen LogP contribution < -0.4 is 5.32 Å². The highest BCUT2D eigenvalue weighted by Gasteiger charge is 2.58. The van der Waals surface area contributed by atoms with Crippen molar-refractivity contribution >= 4 is 30.0 Å². The summed E-state index contributed by atoms with van der Waals surface area (Å²) in [5.74, 6) is 0.341. The second-order valence-electron chi connectivity index (χ2n) is 7.31. The van der Waals surface area contributed by atoms with Gasteiger partial charge >= 0.3 is 6.09 Å². The van der Waals surface area contributed by atoms with Crippen molar-refractivity contribution in [2.75, 3.05) is 5.75 Å². The second-order valence-corrected chi connectivity index (χ2v) is 8.52. The number of aldehydes is 1. The molecular formula is C18H22N2O4S. The van der Waals surface area contributed by atoms with E-state index in [4.69, 9.17) is 4.74 Å². The number of carbonyl (C=O) groups excluding carboxylic acids is 3. The maximum absolute atomic E-state index is 13.3. The lowest BCUT2D eigenvalue weighted by Crippen LogP contribution is -2.54. The lowest BCUT2D eigenvalue weighted by molar-refractivity contribution is -0.137. The zero-order valence-electron chi connectivity index (χ0n) is 14.5. The molecule has 3 atom stereocenters. The maximum Gasteiger partial charge on any atom is 0.408 e. The summed E-state index contributed by atoms with van der Waals surface area (Å²) in [4.78, 5) is 38.6. The Hall–Kier alpha value is -2.02. The predicted molar refractivity (Wildman–Crippen MR) is 95.1 cm³/mol. The Kier molecular flexibility index (Phi) is 4.53. The van der Waals surface area contributed by atoms with Crippen molar-refractivity contribution in [1.82, 2.24) is 10.2 Å². The first-order chi connectivity index (χ1) is 11.8. The summed E-state index contributed by atoms with van der Waals surface area (Å²) in [6.45, 7) is 5.32. The fourth-order valence-electron chi connectivity index (χ4n) is 3.32. The number of ether oxygens (including phenoxy) is 1. The average Bonchev–Trinajstić information content (AvgIpc) is 3.05. The zero-order chi connectivity index (χ0) is 18.2. The van der Waals surface area contributed by atoms with Crippen LogP contribution in [0, 0.1) is 0 Å². The molecule has 2 aliphatic heterocycles. The first kappa shape index (κ1) is 17.8. The van der Waals surface area contributed by atoms with E-state index in [-0.39, 0.29) is 11.3 Å². The number of thioether (sulfide) groups is 1. The van der Waals surface area contributed by atoms with Crippen LogP contribution in [0.5, 0.6) is 0 Å². The van der Waals surface area contributed by atoms with Gasteiger partial charge in [0.25, 0.3) is 5.91 Å². The summed E-state index contributed by atoms with van der Waals surface area (Å²) in [6, 6.07) is 8.70. The van der Waals surface area contributed by atoms with Crippen molar-refractivity contribution < 1.29 is 19.1 Å². The van der Waals surface area contributed by atoms with Crippen molar-refractivity contribution in [3.8, 4) is 0 Å². The highest BCUT2D eigenvalue weighted by Crippen LogP contribution is 2.46. The Labute approximate surface area is 151 Å². The Balaban J connectivity index is 1.96. The molecule has 2 heterocycles. The molecule has 1 N–H and O–H groups in total. The minimum atomic E-state index is -1.21. The first-order valence-electron chi connectivity index (χ1n) is 8.23. The topological polar surface area (TPSA) is 75.7 Å². The molecule has 0 aromatic heterocycles. The molecule has 0 aliphatic carbocycles. The number of amides is 2. The molecule has 25 heavy (non-hydrogen) atoms. The lowest BCUT2D eigenvalue weighted by Gasteiger charge is -2.31. The summed E-state index contributed by atoms with van der Waals surface area (Å²) in [5.41, 5.74) is -1.17. The van der Waals surface area contributed by atoms with E-state index in [0.717, 1.165) is 6.29 Å². The number of benzene rings is 1. The summed E-state index contributed by atoms with van der Waals surface area (Å²) < 4.78 is 5.37. The van der Waals surface area contributed by atoms with Gasteiger partial charge in [-0.2, -0.15) is 0 Å². The van der Waals surface area contributed by atoms with Crippen molar-refractivity contribution in [3.05, 3.63) is 35.9 Å². The Morgan fingerprint density at radius 2 is 2.04 bits per heavy atom. The first-order valence-corrected chi connectivity index (χ1v) is 9.28. The zero-order valence-corrected chi connectivity index (χ0v) is 15.3. The number of carbonyl (C=O) groups is 3. The molecule has 0 bridgehead atoms. The van der Waals surface area contributed by atoms with Crippen molar-refractivity contribution in [2.45, 2.75) is 49.7 Å². The monoisotopic (exact) mass is 362 g/mol. The van der Waals surface area contributed by atoms with E-state index < -0.39 is 23.3 Å². The second kappa shape index (κ2) is 6.37. The molecule has 0 saturated carbocycles. The molecule has 1 aromatic carbocycles. The minimum absolute atomic E-state index is 0.127. The van der Waals surface area contributed by atoms with Crippen LogP contribution in [0.2, 0.25) is 0 Å². The molecule has 2 fully saturated rings. The predicted octanol–water partition coefficient (Wildman–Crippen LogP) is 2.28. The van der Waals surface area contributed by atoms with E-state index in [2.05, 4.69) is 5.32 Å². The fourth-order valence-corrected chi connectivity index (χ4v) is 4.75. The third-order valence-electron chi connectivity index (χ3n) is 4.35. The number of fused-ring (bicyclic) bond motifs is 1. The molecule has 7 heteroatoms. The maximum atomic E-state index is 13.3. The molecule has 3 rings (SSSR count). The highest BCUT2D eigenvalue weighted by molar-refractivity contribution is 8.00. The van der Waals surface area contributed by atoms with Gasteiger partial charge in [0.1, 0.15) is 11.9 Å². The van der Waals surface area contributed by atoms with Gasteiger partial charge in [-0.25, -0.2) is 4.79 Å². The molecule has 1 aromatic rings. The number of alkyl carbamates (subject to hydrolysis) is 1. The van der Waals surface area contributed by atoms with Crippen LogP contribution in [0.1, 0.15) is 32.8 Å². The van der Waals surface area contributed by atoms with Gasteiger partial charge < -0.3 is 19.7 Å². The van der Waals surface area contributed by atoms with Gasteiger partial charge in [-0.05, 0) is 26.3 Å². The molecule has 2 amide bonds. The normalized spacial score (nSPS) is 28.6. The Morgan fingerprint density at radius 1 is 1.36 bits per heavy atom. The number of hydrogen-bond donors (Lipinski definition) is 1. The minimum Gasteiger partial charge on any atom is -0.444 e. The van der Waals surface area contributed by atoms with Gasteiger partial charge in [0.15, 0.2) is 5.54 Å². The van der Waals surface area contributed by atoms with E-state index in [1.165, 1.54) is 0 Å². The highest BCUT2D eigenvalue weighted by atomic mass is 32.2. The van der Waals surface area contributed by atoms with Crippen molar-refractivity contribution in [3.63, 3.8) is 0 Å². The van der Waals surface area contributed by atoms with Crippen LogP contribution in [-0.2, 0) is 19.9 Å². The van der Waals surface area contributed by atoms with Gasteiger partial charge in [-0.1, -0.05) is 30.3 Å². The van der Waals surface area contributed by atoms with E-state index in [9.17, 15) is 14.4 Å². The van der Waals surface area contributed by atoms with E-state index in [1.807, 2.05) is 30.3 Å². The van der Waals surface area contributed by atoms with E-state index in [1.54, 1.807) is 37.4 Å². The average molecular weight is 362 g/mol. The van der Waals surface area contributed by atoms with Crippen LogP contribution in [0.15, 0.2) is 30.3 Å². The summed E-state index contributed by atoms with van der Waals surface area (Å²) in [6.07, 6.45) is 0.572. The largest absolute Gasteiger partial charge is 0.444 e. The van der Waals surface area contributed by atoms with Crippen LogP contribution in [0.25, 0.3) is 0 Å². The molecule has 2 aliphatic rings. The number of nitrogens with zero attached hydrogens (tertiary/aromatic N) is 1. The molecule has 0 unspecified atom stereocenters. The third-order valence-corrected chi connectivity index (χ3v) is 5.66. The molecule has 2 saturated heterocycles. The quantitative estimate of drug-likeness (QED) is 0.835. The van der Waals surface area contributed by atoms with Gasteiger partial charge in [-0.15, -0.1) is 11.8 Å². The van der Waals surface area contributed by atoms with Crippen LogP contribution in [0.3, 0.4) is 0 Å². The molecule has 134 valence electrons. The number of nitrogens with one attached hydrogen (secondary N) is 1. The lowest BCUT2D eigenvalue weighted by atomic mass is 9.88. The Morgan fingerprint density at radius 3 is 2.64 bits per heavy atom. The third kappa shape index (κ3) is 3.25. The van der Waals surface area contributed by atoms with E-state index in [0.29, 0.717) is 17.7 Å². The van der Waals surface area contributed by atoms with Crippen LogP contribution in [-0.4, -0.2) is 46.0 Å². The number of rotatable bonds is 3.